The molecule has 20 heavy (non-hydrogen) atoms. The number of amides is 1. The molecule has 2 fully saturated rings. The number of nitrogens with zero attached hydrogens (tertiary/aromatic N) is 1. The largest absolute Gasteiger partial charge is 0.495 e. The second-order valence-electron chi connectivity index (χ2n) is 5.55. The first-order valence-electron chi connectivity index (χ1n) is 6.58. The van der Waals surface area contributed by atoms with Crippen molar-refractivity contribution in [2.24, 2.45) is 5.92 Å². The maximum absolute atomic E-state index is 12.3. The van der Waals surface area contributed by atoms with Crippen LogP contribution < -0.4 is 9.64 Å². The minimum atomic E-state index is -3.03. The molecule has 5 nitrogen and oxygen atoms in total. The second kappa shape index (κ2) is 4.48. The normalized spacial score (nSPS) is 27.7. The molecule has 1 aromatic carbocycles. The van der Waals surface area contributed by atoms with Crippen molar-refractivity contribution in [3.05, 3.63) is 23.8 Å². The molecule has 3 rings (SSSR count). The molecule has 108 valence electrons. The molecule has 0 spiro atoms. The Hall–Kier alpha value is -1.56. The van der Waals surface area contributed by atoms with Crippen molar-refractivity contribution >= 4 is 21.4 Å². The minimum Gasteiger partial charge on any atom is -0.495 e. The van der Waals surface area contributed by atoms with Crippen LogP contribution in [0.1, 0.15) is 12.0 Å². The number of methoxy groups -OCH3 is 1. The fraction of sp³-hybridized carbons (Fsp3) is 0.500. The summed E-state index contributed by atoms with van der Waals surface area (Å²) < 4.78 is 28.9. The number of anilines is 1. The Morgan fingerprint density at radius 2 is 2.05 bits per heavy atom. The van der Waals surface area contributed by atoms with Gasteiger partial charge in [0.1, 0.15) is 5.75 Å². The van der Waals surface area contributed by atoms with Crippen LogP contribution in [0.25, 0.3) is 0 Å². The van der Waals surface area contributed by atoms with E-state index in [9.17, 15) is 13.2 Å². The summed E-state index contributed by atoms with van der Waals surface area (Å²) in [7, 11) is -1.48. The van der Waals surface area contributed by atoms with E-state index in [2.05, 4.69) is 0 Å². The Labute approximate surface area is 118 Å². The molecule has 0 saturated carbocycles. The Kier molecular flexibility index (Phi) is 3.01. The zero-order valence-corrected chi connectivity index (χ0v) is 12.3. The highest BCUT2D eigenvalue weighted by Crippen LogP contribution is 2.41. The van der Waals surface area contributed by atoms with E-state index in [0.717, 1.165) is 5.56 Å². The Morgan fingerprint density at radius 1 is 1.30 bits per heavy atom. The molecule has 0 bridgehead atoms. The molecule has 0 aromatic heterocycles. The maximum Gasteiger partial charge on any atom is 0.227 e. The molecule has 0 unspecified atom stereocenters. The van der Waals surface area contributed by atoms with E-state index in [4.69, 9.17) is 4.74 Å². The number of ether oxygens (including phenoxy) is 1. The van der Waals surface area contributed by atoms with E-state index < -0.39 is 9.84 Å². The van der Waals surface area contributed by atoms with Gasteiger partial charge in [-0.1, -0.05) is 6.07 Å². The van der Waals surface area contributed by atoms with E-state index in [1.54, 1.807) is 12.0 Å². The van der Waals surface area contributed by atoms with Crippen LogP contribution in [0.15, 0.2) is 18.2 Å². The molecule has 1 amide bonds. The van der Waals surface area contributed by atoms with Gasteiger partial charge in [0.25, 0.3) is 0 Å². The number of hydrogen-bond acceptors (Lipinski definition) is 4. The summed E-state index contributed by atoms with van der Waals surface area (Å²) in [5, 5.41) is 0. The molecule has 0 radical (unpaired) electrons. The minimum absolute atomic E-state index is 0.0150. The third-order valence-corrected chi connectivity index (χ3v) is 5.85. The Bertz CT molecular complexity index is 668. The number of carbonyl (C=O) groups is 1. The lowest BCUT2D eigenvalue weighted by molar-refractivity contribution is -0.117. The van der Waals surface area contributed by atoms with Gasteiger partial charge in [-0.15, -0.1) is 0 Å². The summed E-state index contributed by atoms with van der Waals surface area (Å²) in [6.07, 6.45) is 0.307. The zero-order chi connectivity index (χ0) is 14.5. The lowest BCUT2D eigenvalue weighted by atomic mass is 10.0. The van der Waals surface area contributed by atoms with Gasteiger partial charge in [0.2, 0.25) is 5.91 Å². The number of hydrogen-bond donors (Lipinski definition) is 0. The number of aryl methyl sites for hydroxylation is 1. The Morgan fingerprint density at radius 3 is 2.75 bits per heavy atom. The van der Waals surface area contributed by atoms with Crippen molar-refractivity contribution in [3.63, 3.8) is 0 Å². The van der Waals surface area contributed by atoms with Gasteiger partial charge < -0.3 is 9.64 Å². The summed E-state index contributed by atoms with van der Waals surface area (Å²) in [5.41, 5.74) is 1.69. The van der Waals surface area contributed by atoms with Gasteiger partial charge in [-0.2, -0.15) is 0 Å². The zero-order valence-electron chi connectivity index (χ0n) is 11.5. The van der Waals surface area contributed by atoms with Crippen molar-refractivity contribution < 1.29 is 17.9 Å². The lowest BCUT2D eigenvalue weighted by Gasteiger charge is -2.25. The molecule has 6 heteroatoms. The van der Waals surface area contributed by atoms with Crippen molar-refractivity contribution in [2.75, 3.05) is 23.5 Å². The molecule has 0 aliphatic carbocycles. The van der Waals surface area contributed by atoms with E-state index in [1.165, 1.54) is 0 Å². The number of rotatable bonds is 2. The van der Waals surface area contributed by atoms with Crippen molar-refractivity contribution in [1.29, 1.82) is 0 Å². The van der Waals surface area contributed by atoms with Gasteiger partial charge in [0.15, 0.2) is 9.84 Å². The number of benzene rings is 1. The van der Waals surface area contributed by atoms with Crippen LogP contribution >= 0.6 is 0 Å². The lowest BCUT2D eigenvalue weighted by Crippen LogP contribution is -2.36. The van der Waals surface area contributed by atoms with Crippen LogP contribution in [0.4, 0.5) is 5.69 Å². The molecular formula is C14H17NO4S. The van der Waals surface area contributed by atoms with Gasteiger partial charge in [-0.25, -0.2) is 8.42 Å². The van der Waals surface area contributed by atoms with Crippen molar-refractivity contribution in [1.82, 2.24) is 0 Å². The van der Waals surface area contributed by atoms with Crippen LogP contribution in [0.2, 0.25) is 0 Å². The molecule has 2 saturated heterocycles. The topological polar surface area (TPSA) is 63.7 Å². The van der Waals surface area contributed by atoms with E-state index in [-0.39, 0.29) is 29.4 Å². The fourth-order valence-electron chi connectivity index (χ4n) is 3.19. The van der Waals surface area contributed by atoms with Crippen molar-refractivity contribution in [3.8, 4) is 5.75 Å². The van der Waals surface area contributed by atoms with Crippen LogP contribution in [0.3, 0.4) is 0 Å². The van der Waals surface area contributed by atoms with Gasteiger partial charge in [0, 0.05) is 12.3 Å². The van der Waals surface area contributed by atoms with Gasteiger partial charge >= 0.3 is 0 Å². The predicted octanol–water partition coefficient (Wildman–Crippen LogP) is 1.15. The standard InChI is InChI=1S/C14H17NO4S/c1-9-3-4-13(19-2)11(5-9)15-12-8-20(17,18)7-10(12)6-14(15)16/h3-5,10,12H,6-8H2,1-2H3/t10-,12+/m1/s1. The van der Waals surface area contributed by atoms with Crippen LogP contribution in [0.5, 0.6) is 5.75 Å². The second-order valence-corrected chi connectivity index (χ2v) is 7.70. The first-order chi connectivity index (χ1) is 9.41. The molecule has 2 aliphatic rings. The number of sulfone groups is 1. The molecular weight excluding hydrogens is 278 g/mol. The summed E-state index contributed by atoms with van der Waals surface area (Å²) in [5.74, 6) is 0.680. The molecule has 0 N–H and O–H groups in total. The first-order valence-corrected chi connectivity index (χ1v) is 8.40. The van der Waals surface area contributed by atoms with Crippen LogP contribution in [0, 0.1) is 12.8 Å². The third-order valence-electron chi connectivity index (χ3n) is 4.07. The average molecular weight is 295 g/mol. The number of fused-ring (bicyclic) bond motifs is 1. The highest BCUT2D eigenvalue weighted by atomic mass is 32.2. The van der Waals surface area contributed by atoms with Crippen LogP contribution in [-0.2, 0) is 14.6 Å². The monoisotopic (exact) mass is 295 g/mol. The third kappa shape index (κ3) is 2.08. The maximum atomic E-state index is 12.3. The molecule has 2 heterocycles. The Balaban J connectivity index is 2.05. The van der Waals surface area contributed by atoms with Gasteiger partial charge in [0.05, 0.1) is 30.3 Å². The van der Waals surface area contributed by atoms with E-state index in [1.807, 2.05) is 25.1 Å². The molecule has 2 atom stereocenters. The number of carbonyl (C=O) groups excluding carboxylic acids is 1. The van der Waals surface area contributed by atoms with Gasteiger partial charge in [-0.05, 0) is 24.6 Å². The highest BCUT2D eigenvalue weighted by molar-refractivity contribution is 7.91. The predicted molar refractivity (Wildman–Crippen MR) is 75.8 cm³/mol. The van der Waals surface area contributed by atoms with E-state index >= 15 is 0 Å². The smallest absolute Gasteiger partial charge is 0.227 e. The first kappa shape index (κ1) is 13.4. The summed E-state index contributed by atoms with van der Waals surface area (Å²) in [6.45, 7) is 1.94. The molecule has 2 aliphatic heterocycles. The summed E-state index contributed by atoms with van der Waals surface area (Å²) >= 11 is 0. The van der Waals surface area contributed by atoms with Crippen LogP contribution in [-0.4, -0.2) is 39.0 Å². The molecule has 1 aromatic rings. The van der Waals surface area contributed by atoms with E-state index in [0.29, 0.717) is 17.9 Å². The van der Waals surface area contributed by atoms with Crippen molar-refractivity contribution in [2.45, 2.75) is 19.4 Å². The van der Waals surface area contributed by atoms with Gasteiger partial charge in [-0.3, -0.25) is 4.79 Å². The summed E-state index contributed by atoms with van der Waals surface area (Å²) in [4.78, 5) is 13.9. The fourth-order valence-corrected chi connectivity index (χ4v) is 5.26. The highest BCUT2D eigenvalue weighted by Gasteiger charge is 2.49. The SMILES string of the molecule is COc1ccc(C)cc1N1C(=O)C[C@@H]2CS(=O)(=O)C[C@@H]21. The summed E-state index contributed by atoms with van der Waals surface area (Å²) in [6, 6.07) is 5.35. The quantitative estimate of drug-likeness (QED) is 0.821. The average Bonchev–Trinajstić information content (AvgIpc) is 2.79.